The maximum atomic E-state index is 13.0. The van der Waals surface area contributed by atoms with E-state index >= 15 is 0 Å². The number of aliphatic hydroxyl groups is 8. The van der Waals surface area contributed by atoms with E-state index in [1.807, 2.05) is 0 Å². The Kier molecular flexibility index (Phi) is 19.2. The Morgan fingerprint density at radius 1 is 0.512 bits per heavy atom. The Labute approximate surface area is 462 Å². The van der Waals surface area contributed by atoms with Gasteiger partial charge in [0.05, 0.1) is 5.56 Å². The molecule has 4 aliphatic rings. The molecule has 4 aromatic carbocycles. The number of fused-ring (bicyclic) bond motifs is 1. The monoisotopic (exact) mass is 1150 g/mol. The van der Waals surface area contributed by atoms with Crippen molar-refractivity contribution >= 4 is 42.1 Å². The minimum absolute atomic E-state index is 0.000327. The van der Waals surface area contributed by atoms with Gasteiger partial charge in [0.1, 0.15) is 128 Å². The van der Waals surface area contributed by atoms with E-state index in [0.29, 0.717) is 11.1 Å². The molecule has 82 heavy (non-hydrogen) atoms. The zero-order valence-corrected chi connectivity index (χ0v) is 42.4. The van der Waals surface area contributed by atoms with Crippen molar-refractivity contribution in [2.45, 2.75) is 105 Å². The molecule has 4 heterocycles. The molecule has 14 N–H and O–H groups in total. The summed E-state index contributed by atoms with van der Waals surface area (Å²) in [6, 6.07) is 16.9. The maximum absolute atomic E-state index is 13.0. The minimum atomic E-state index is -2.18. The standard InChI is InChI=1S/C54H56O28/c55-26-8-1-23(2-9-26)5-13-39(62)73-20-35-42(65)46(69)49(72)53(80-35)82-51-47(70)44(67)37(21-74-40(63)14-6-24-3-10-27(56)11-4-24)81-54(51)78-34-18-29-32(76-50(34)25-7-12-30(58)31(59)15-25)16-28(57)17-33(29)77-52-48(71)45(68)43(66)36(79-52)22-75-41(64)19-38(60)61/h1-18,35-37,42-59,65-72H,19-22H2,(H,60,61). The molecule has 16 atom stereocenters. The van der Waals surface area contributed by atoms with Crippen molar-refractivity contribution in [3.05, 3.63) is 119 Å². The number of carboxylic acids is 1. The first-order valence-corrected chi connectivity index (χ1v) is 24.9. The number of phenols is 5. The molecule has 0 amide bonds. The molecule has 0 radical (unpaired) electrons. The number of carbonyl (C=O) groups excluding carboxylic acids is 3. The highest BCUT2D eigenvalue weighted by molar-refractivity contribution is 5.90. The molecule has 0 bridgehead atoms. The van der Waals surface area contributed by atoms with Crippen molar-refractivity contribution in [3.8, 4) is 40.2 Å². The van der Waals surface area contributed by atoms with E-state index in [0.717, 1.165) is 36.4 Å². The van der Waals surface area contributed by atoms with Crippen molar-refractivity contribution in [1.29, 1.82) is 0 Å². The van der Waals surface area contributed by atoms with E-state index in [1.54, 1.807) is 0 Å². The fraction of sp³-hybridized carbons (Fsp3) is 0.370. The van der Waals surface area contributed by atoms with Crippen molar-refractivity contribution in [3.63, 3.8) is 0 Å². The van der Waals surface area contributed by atoms with Gasteiger partial charge in [0, 0.05) is 29.8 Å². The van der Waals surface area contributed by atoms with Crippen molar-refractivity contribution in [2.24, 2.45) is 0 Å². The molecule has 4 aliphatic heterocycles. The number of aliphatic carboxylic acids is 1. The van der Waals surface area contributed by atoms with Crippen LogP contribution in [0.25, 0.3) is 18.2 Å². The zero-order valence-electron chi connectivity index (χ0n) is 42.4. The first-order valence-electron chi connectivity index (χ1n) is 24.9. The number of phenolic OH excluding ortho intramolecular Hbond substituents is 5. The molecule has 16 unspecified atom stereocenters. The number of esters is 3. The molecule has 28 nitrogen and oxygen atoms in total. The van der Waals surface area contributed by atoms with Gasteiger partial charge in [-0.3, -0.25) is 9.59 Å². The fourth-order valence-corrected chi connectivity index (χ4v) is 8.65. The van der Waals surface area contributed by atoms with Gasteiger partial charge < -0.3 is 119 Å². The molecule has 3 fully saturated rings. The zero-order chi connectivity index (χ0) is 59.1. The maximum Gasteiger partial charge on any atom is 0.330 e. The number of carbonyl (C=O) groups is 4. The van der Waals surface area contributed by atoms with Crippen LogP contribution in [0.4, 0.5) is 0 Å². The molecule has 8 rings (SSSR count). The number of carboxylic acid groups (broad SMARTS) is 1. The van der Waals surface area contributed by atoms with Crippen LogP contribution in [0.2, 0.25) is 0 Å². The van der Waals surface area contributed by atoms with Crippen LogP contribution in [0.15, 0.2) is 96.8 Å². The molecular weight excluding hydrogens is 1100 g/mol. The number of benzene rings is 4. The average molecular weight is 1150 g/mol. The topological polar surface area (TPSA) is 444 Å². The number of rotatable bonds is 19. The number of hydrogen-bond acceptors (Lipinski definition) is 27. The lowest BCUT2D eigenvalue weighted by Crippen LogP contribution is -2.64. The lowest BCUT2D eigenvalue weighted by molar-refractivity contribution is -0.364. The summed E-state index contributed by atoms with van der Waals surface area (Å²) in [5.41, 5.74) is 0.798. The fourth-order valence-electron chi connectivity index (χ4n) is 8.65. The summed E-state index contributed by atoms with van der Waals surface area (Å²) >= 11 is 0. The Morgan fingerprint density at radius 3 is 1.57 bits per heavy atom. The average Bonchev–Trinajstić information content (AvgIpc) is 3.45. The van der Waals surface area contributed by atoms with Crippen LogP contribution in [-0.4, -0.2) is 207 Å². The van der Waals surface area contributed by atoms with Crippen LogP contribution >= 0.6 is 0 Å². The van der Waals surface area contributed by atoms with E-state index in [4.69, 9.17) is 52.5 Å². The van der Waals surface area contributed by atoms with Gasteiger partial charge in [-0.25, -0.2) is 9.59 Å². The Hall–Kier alpha value is -8.10. The second-order valence-corrected chi connectivity index (χ2v) is 18.9. The predicted octanol–water partition coefficient (Wildman–Crippen LogP) is -0.937. The third-order valence-corrected chi connectivity index (χ3v) is 13.0. The Bertz CT molecular complexity index is 3000. The van der Waals surface area contributed by atoms with E-state index in [1.165, 1.54) is 72.8 Å². The van der Waals surface area contributed by atoms with Gasteiger partial charge in [0.25, 0.3) is 0 Å². The second-order valence-electron chi connectivity index (χ2n) is 18.9. The number of hydrogen-bond donors (Lipinski definition) is 14. The summed E-state index contributed by atoms with van der Waals surface area (Å²) in [5.74, 6) is -7.66. The van der Waals surface area contributed by atoms with Gasteiger partial charge >= 0.3 is 23.9 Å². The SMILES string of the molecule is O=C(O)CC(=O)OCC1OC(Oc2cc(O)cc3c2C=C(OC2OC(COC(=O)C=Cc4ccc(O)cc4)C(O)C(O)C2OC2OC(COC(=O)C=Cc4ccc(O)cc4)C(O)C(O)C2O)C(c2ccc(O)c(O)c2)O3)C(O)C(O)C1O. The lowest BCUT2D eigenvalue weighted by atomic mass is 9.97. The van der Waals surface area contributed by atoms with Crippen LogP contribution in [0.1, 0.15) is 34.8 Å². The van der Waals surface area contributed by atoms with Crippen LogP contribution in [0, 0.1) is 0 Å². The molecule has 3 saturated heterocycles. The summed E-state index contributed by atoms with van der Waals surface area (Å²) in [5, 5.41) is 149. The van der Waals surface area contributed by atoms with Gasteiger partial charge in [0.15, 0.2) is 30.0 Å². The lowest BCUT2D eigenvalue weighted by Gasteiger charge is -2.46. The third kappa shape index (κ3) is 14.5. The highest BCUT2D eigenvalue weighted by Crippen LogP contribution is 2.47. The van der Waals surface area contributed by atoms with Gasteiger partial charge in [-0.1, -0.05) is 30.3 Å². The summed E-state index contributed by atoms with van der Waals surface area (Å²) in [6.07, 6.45) is -26.4. The molecular formula is C54H56O28. The molecule has 4 aromatic rings. The van der Waals surface area contributed by atoms with Gasteiger partial charge in [-0.2, -0.15) is 0 Å². The largest absolute Gasteiger partial charge is 0.508 e. The number of ether oxygens (including phenoxy) is 10. The van der Waals surface area contributed by atoms with E-state index in [-0.39, 0.29) is 28.4 Å². The smallest absolute Gasteiger partial charge is 0.330 e. The highest BCUT2D eigenvalue weighted by atomic mass is 16.8. The number of aliphatic hydroxyl groups excluding tert-OH is 8. The predicted molar refractivity (Wildman–Crippen MR) is 269 cm³/mol. The second kappa shape index (κ2) is 26.2. The molecule has 28 heteroatoms. The first kappa shape index (κ1) is 60.0. The molecule has 440 valence electrons. The van der Waals surface area contributed by atoms with E-state index in [2.05, 4.69) is 0 Å². The van der Waals surface area contributed by atoms with E-state index < -0.39 is 177 Å². The normalized spacial score (nSPS) is 29.9. The third-order valence-electron chi connectivity index (χ3n) is 13.0. The summed E-state index contributed by atoms with van der Waals surface area (Å²) < 4.78 is 57.8. The van der Waals surface area contributed by atoms with Crippen molar-refractivity contribution in [2.75, 3.05) is 19.8 Å². The highest BCUT2D eigenvalue weighted by Gasteiger charge is 2.53. The van der Waals surface area contributed by atoms with Gasteiger partial charge in [-0.15, -0.1) is 0 Å². The van der Waals surface area contributed by atoms with Crippen LogP contribution < -0.4 is 9.47 Å². The minimum Gasteiger partial charge on any atom is -0.508 e. The van der Waals surface area contributed by atoms with Crippen LogP contribution in [-0.2, 0) is 57.1 Å². The number of aromatic hydroxyl groups is 5. The van der Waals surface area contributed by atoms with Crippen LogP contribution in [0.3, 0.4) is 0 Å². The summed E-state index contributed by atoms with van der Waals surface area (Å²) in [7, 11) is 0. The van der Waals surface area contributed by atoms with Crippen LogP contribution in [0.5, 0.6) is 40.2 Å². The molecule has 0 aromatic heterocycles. The Balaban J connectivity index is 1.11. The van der Waals surface area contributed by atoms with Gasteiger partial charge in [0.2, 0.25) is 12.6 Å². The van der Waals surface area contributed by atoms with Gasteiger partial charge in [-0.05, 0) is 65.8 Å². The van der Waals surface area contributed by atoms with Crippen molar-refractivity contribution in [1.82, 2.24) is 0 Å². The summed E-state index contributed by atoms with van der Waals surface area (Å²) in [6.45, 7) is -2.41. The quantitative estimate of drug-likeness (QED) is 0.0177. The molecule has 0 aliphatic carbocycles. The molecule has 0 spiro atoms. The molecule has 0 saturated carbocycles. The van der Waals surface area contributed by atoms with Crippen molar-refractivity contribution < 1.29 is 138 Å². The van der Waals surface area contributed by atoms with E-state index in [9.17, 15) is 85.6 Å². The summed E-state index contributed by atoms with van der Waals surface area (Å²) in [4.78, 5) is 48.7. The Morgan fingerprint density at radius 2 is 1.02 bits per heavy atom. The first-order chi connectivity index (χ1) is 39.0.